The minimum atomic E-state index is -2.72. The minimum Gasteiger partial charge on any atom is -0.364 e. The third kappa shape index (κ3) is 4.98. The van der Waals surface area contributed by atoms with Crippen LogP contribution in [0, 0.1) is 17.1 Å². The van der Waals surface area contributed by atoms with Crippen molar-refractivity contribution in [2.45, 2.75) is 38.4 Å². The molecule has 0 spiro atoms. The maximum atomic E-state index is 13.8. The van der Waals surface area contributed by atoms with Crippen LogP contribution in [0.15, 0.2) is 65.5 Å². The predicted octanol–water partition coefficient (Wildman–Crippen LogP) is 4.97. The highest BCUT2D eigenvalue weighted by Crippen LogP contribution is 2.36. The number of aryl methyl sites for hydroxylation is 1. The number of hydrogen-bond donors (Lipinski definition) is 0. The van der Waals surface area contributed by atoms with Crippen molar-refractivity contribution in [1.29, 1.82) is 5.26 Å². The van der Waals surface area contributed by atoms with Gasteiger partial charge in [0.05, 0.1) is 22.9 Å². The number of halogens is 3. The fraction of sp³-hybridized carbons (Fsp3) is 0.310. The van der Waals surface area contributed by atoms with Crippen molar-refractivity contribution in [1.82, 2.24) is 19.4 Å². The van der Waals surface area contributed by atoms with Gasteiger partial charge in [-0.05, 0) is 55.8 Å². The zero-order valence-corrected chi connectivity index (χ0v) is 21.7. The normalized spacial score (nSPS) is 18.9. The van der Waals surface area contributed by atoms with Crippen LogP contribution in [0.4, 0.5) is 18.9 Å². The number of hydrogen-bond acceptors (Lipinski definition) is 6. The molecule has 0 saturated carbocycles. The number of rotatable bonds is 5. The number of nitrogens with zero attached hydrogens (tertiary/aromatic N) is 6. The molecule has 0 bridgehead atoms. The average molecular weight is 533 g/mol. The highest BCUT2D eigenvalue weighted by atomic mass is 19.3. The van der Waals surface area contributed by atoms with Gasteiger partial charge in [0.25, 0.3) is 12.0 Å². The SMILES string of the molecule is C[C@@H]1CN(c2cc(=O)n(C)c3ccc(C#N)nc23)[C@@H](C)CN1C(c1ccc(F)cc1)c1cccc(C(F)F)n1. The molecule has 1 unspecified atom stereocenters. The Hall–Kier alpha value is -4.23. The van der Waals surface area contributed by atoms with Crippen molar-refractivity contribution in [3.8, 4) is 6.07 Å². The van der Waals surface area contributed by atoms with Crippen LogP contribution in [-0.4, -0.2) is 44.6 Å². The first-order valence-corrected chi connectivity index (χ1v) is 12.6. The number of aromatic nitrogens is 3. The third-order valence-electron chi connectivity index (χ3n) is 7.34. The van der Waals surface area contributed by atoms with E-state index in [0.717, 1.165) is 5.56 Å². The van der Waals surface area contributed by atoms with E-state index in [9.17, 15) is 23.2 Å². The molecule has 3 aromatic heterocycles. The van der Waals surface area contributed by atoms with Crippen LogP contribution in [0.1, 0.15) is 49.0 Å². The quantitative estimate of drug-likeness (QED) is 0.361. The predicted molar refractivity (Wildman–Crippen MR) is 142 cm³/mol. The van der Waals surface area contributed by atoms with Crippen LogP contribution >= 0.6 is 0 Å². The van der Waals surface area contributed by atoms with Crippen LogP contribution in [0.5, 0.6) is 0 Å². The molecule has 4 aromatic rings. The number of alkyl halides is 2. The Balaban J connectivity index is 1.56. The molecule has 200 valence electrons. The van der Waals surface area contributed by atoms with E-state index in [1.54, 1.807) is 49.5 Å². The third-order valence-corrected chi connectivity index (χ3v) is 7.34. The first kappa shape index (κ1) is 26.4. The van der Waals surface area contributed by atoms with Crippen LogP contribution < -0.4 is 10.5 Å². The molecule has 39 heavy (non-hydrogen) atoms. The minimum absolute atomic E-state index is 0.119. The van der Waals surface area contributed by atoms with E-state index in [0.29, 0.717) is 35.5 Å². The summed E-state index contributed by atoms with van der Waals surface area (Å²) in [5.74, 6) is -0.389. The van der Waals surface area contributed by atoms with E-state index in [-0.39, 0.29) is 34.8 Å². The average Bonchev–Trinajstić information content (AvgIpc) is 2.93. The number of piperazine rings is 1. The van der Waals surface area contributed by atoms with E-state index in [1.807, 2.05) is 13.8 Å². The van der Waals surface area contributed by atoms with Gasteiger partial charge in [0, 0.05) is 38.3 Å². The van der Waals surface area contributed by atoms with Crippen LogP contribution in [0.3, 0.4) is 0 Å². The Kier molecular flexibility index (Phi) is 7.10. The summed E-state index contributed by atoms with van der Waals surface area (Å²) in [5.41, 5.74) is 2.76. The molecule has 4 heterocycles. The maximum absolute atomic E-state index is 13.8. The molecule has 5 rings (SSSR count). The van der Waals surface area contributed by atoms with Crippen molar-refractivity contribution in [3.63, 3.8) is 0 Å². The lowest BCUT2D eigenvalue weighted by atomic mass is 9.96. The molecular weight excluding hydrogens is 505 g/mol. The van der Waals surface area contributed by atoms with Gasteiger partial charge in [0.1, 0.15) is 28.8 Å². The van der Waals surface area contributed by atoms with Crippen molar-refractivity contribution < 1.29 is 13.2 Å². The molecule has 7 nitrogen and oxygen atoms in total. The Morgan fingerprint density at radius 2 is 1.69 bits per heavy atom. The Labute approximate surface area is 223 Å². The smallest absolute Gasteiger partial charge is 0.280 e. The fourth-order valence-corrected chi connectivity index (χ4v) is 5.36. The molecule has 3 atom stereocenters. The monoisotopic (exact) mass is 532 g/mol. The Morgan fingerprint density at radius 1 is 0.974 bits per heavy atom. The van der Waals surface area contributed by atoms with E-state index < -0.39 is 12.5 Å². The molecule has 0 aliphatic carbocycles. The summed E-state index contributed by atoms with van der Waals surface area (Å²) in [6.07, 6.45) is -2.72. The maximum Gasteiger partial charge on any atom is 0.280 e. The van der Waals surface area contributed by atoms with Gasteiger partial charge >= 0.3 is 0 Å². The van der Waals surface area contributed by atoms with Crippen LogP contribution in [0.2, 0.25) is 0 Å². The summed E-state index contributed by atoms with van der Waals surface area (Å²) < 4.78 is 42.4. The van der Waals surface area contributed by atoms with Gasteiger partial charge in [-0.3, -0.25) is 9.69 Å². The van der Waals surface area contributed by atoms with E-state index in [4.69, 9.17) is 0 Å². The van der Waals surface area contributed by atoms with Gasteiger partial charge in [-0.2, -0.15) is 5.26 Å². The first-order valence-electron chi connectivity index (χ1n) is 12.6. The standard InChI is InChI=1S/C29H27F3N6O/c1-17-16-38(28(19-7-9-20(30)10-8-19)22-5-4-6-23(35-22)29(31)32)18(2)15-37(17)25-13-26(39)36(3)24-12-11-21(14-33)34-27(24)25/h4-13,17-18,28-29H,15-16H2,1-3H3/t17-,18+,28?/m0/s1. The molecule has 1 saturated heterocycles. The summed E-state index contributed by atoms with van der Waals surface area (Å²) in [5, 5.41) is 9.42. The lowest BCUT2D eigenvalue weighted by Crippen LogP contribution is -2.57. The molecule has 1 aliphatic rings. The Morgan fingerprint density at radius 3 is 2.38 bits per heavy atom. The van der Waals surface area contributed by atoms with Crippen molar-refractivity contribution in [2.24, 2.45) is 7.05 Å². The fourth-order valence-electron chi connectivity index (χ4n) is 5.36. The van der Waals surface area contributed by atoms with Crippen molar-refractivity contribution in [2.75, 3.05) is 18.0 Å². The summed E-state index contributed by atoms with van der Waals surface area (Å²) >= 11 is 0. The van der Waals surface area contributed by atoms with Crippen molar-refractivity contribution >= 4 is 16.7 Å². The van der Waals surface area contributed by atoms with Gasteiger partial charge in [0.2, 0.25) is 0 Å². The molecule has 1 fully saturated rings. The number of anilines is 1. The number of fused-ring (bicyclic) bond motifs is 1. The first-order chi connectivity index (χ1) is 18.7. The Bertz CT molecular complexity index is 1610. The largest absolute Gasteiger partial charge is 0.364 e. The molecule has 10 heteroatoms. The second kappa shape index (κ2) is 10.5. The van der Waals surface area contributed by atoms with Gasteiger partial charge in [-0.25, -0.2) is 23.1 Å². The second-order valence-electron chi connectivity index (χ2n) is 9.89. The van der Waals surface area contributed by atoms with Gasteiger partial charge in [0.15, 0.2) is 0 Å². The highest BCUT2D eigenvalue weighted by molar-refractivity contribution is 5.89. The summed E-state index contributed by atoms with van der Waals surface area (Å²) in [6, 6.07) is 16.8. The summed E-state index contributed by atoms with van der Waals surface area (Å²) in [6.45, 7) is 5.03. The van der Waals surface area contributed by atoms with Crippen LogP contribution in [0.25, 0.3) is 11.0 Å². The molecule has 1 aliphatic heterocycles. The highest BCUT2D eigenvalue weighted by Gasteiger charge is 2.36. The van der Waals surface area contributed by atoms with Gasteiger partial charge in [-0.15, -0.1) is 0 Å². The van der Waals surface area contributed by atoms with Gasteiger partial charge in [-0.1, -0.05) is 18.2 Å². The van der Waals surface area contributed by atoms with E-state index in [2.05, 4.69) is 25.8 Å². The summed E-state index contributed by atoms with van der Waals surface area (Å²) in [7, 11) is 1.67. The number of benzene rings is 1. The number of nitriles is 1. The molecule has 0 amide bonds. The molecule has 0 radical (unpaired) electrons. The zero-order valence-electron chi connectivity index (χ0n) is 21.7. The molecular formula is C29H27F3N6O. The number of pyridine rings is 3. The summed E-state index contributed by atoms with van der Waals surface area (Å²) in [4.78, 5) is 25.9. The molecule has 1 aromatic carbocycles. The molecule has 0 N–H and O–H groups in total. The zero-order chi connectivity index (χ0) is 27.8. The van der Waals surface area contributed by atoms with Crippen molar-refractivity contribution in [3.05, 3.63) is 99.5 Å². The lowest BCUT2D eigenvalue weighted by molar-refractivity contribution is 0.124. The second-order valence-corrected chi connectivity index (χ2v) is 9.89. The lowest BCUT2D eigenvalue weighted by Gasteiger charge is -2.48. The topological polar surface area (TPSA) is 78.0 Å². The van der Waals surface area contributed by atoms with E-state index >= 15 is 0 Å². The van der Waals surface area contributed by atoms with E-state index in [1.165, 1.54) is 22.8 Å². The van der Waals surface area contributed by atoms with Crippen LogP contribution in [-0.2, 0) is 7.05 Å². The van der Waals surface area contributed by atoms with Gasteiger partial charge < -0.3 is 9.47 Å².